The Balaban J connectivity index is 2.59. The summed E-state index contributed by atoms with van der Waals surface area (Å²) in [6.45, 7) is 4.53. The smallest absolute Gasteiger partial charge is 0.340 e. The number of carbonyl (C=O) groups excluding carboxylic acids is 2. The Labute approximate surface area is 229 Å². The number of hydrogen-bond donors (Lipinski definition) is 1. The molecule has 0 unspecified atom stereocenters. The summed E-state index contributed by atoms with van der Waals surface area (Å²) in [5.41, 5.74) is -0.718. The lowest BCUT2D eigenvalue weighted by molar-refractivity contribution is 0.0446. The van der Waals surface area contributed by atoms with Gasteiger partial charge in [0.25, 0.3) is 10.1 Å². The molecule has 38 heavy (non-hydrogen) atoms. The maximum Gasteiger partial charge on any atom is 0.340 e. The molecule has 0 fully saturated rings. The molecule has 0 radical (unpaired) electrons. The largest absolute Gasteiger partial charge is 0.462 e. The number of unbranched alkanes of at least 4 members (excludes halogenated alkanes) is 10. The molecule has 214 valence electrons. The van der Waals surface area contributed by atoms with Gasteiger partial charge in [-0.3, -0.25) is 4.55 Å². The number of ether oxygens (including phenoxy) is 2. The summed E-state index contributed by atoms with van der Waals surface area (Å²) in [5.74, 6) is -1.79. The molecule has 0 saturated heterocycles. The first-order valence-electron chi connectivity index (χ1n) is 14.1. The predicted octanol–water partition coefficient (Wildman–Crippen LogP) is 7.86. The second kappa shape index (κ2) is 20.5. The van der Waals surface area contributed by atoms with E-state index < -0.39 is 32.5 Å². The maximum absolute atomic E-state index is 12.8. The molecule has 7 nitrogen and oxygen atoms in total. The number of rotatable bonds is 21. The molecule has 8 heteroatoms. The van der Waals surface area contributed by atoms with Crippen LogP contribution in [0.3, 0.4) is 0 Å². The fraction of sp³-hybridized carbons (Fsp3) is 0.600. The first-order valence-corrected chi connectivity index (χ1v) is 15.5. The van der Waals surface area contributed by atoms with Gasteiger partial charge in [-0.15, -0.1) is 0 Å². The van der Waals surface area contributed by atoms with Gasteiger partial charge in [0.2, 0.25) is 0 Å². The van der Waals surface area contributed by atoms with Crippen molar-refractivity contribution in [3.63, 3.8) is 0 Å². The van der Waals surface area contributed by atoms with Crippen LogP contribution in [0, 0.1) is 0 Å². The van der Waals surface area contributed by atoms with E-state index in [-0.39, 0.29) is 18.8 Å². The summed E-state index contributed by atoms with van der Waals surface area (Å²) < 4.78 is 44.0. The van der Waals surface area contributed by atoms with Crippen molar-refractivity contribution in [2.24, 2.45) is 0 Å². The summed E-state index contributed by atoms with van der Waals surface area (Å²) in [4.78, 5) is 24.8. The van der Waals surface area contributed by atoms with Crippen LogP contribution < -0.4 is 0 Å². The van der Waals surface area contributed by atoms with Crippen LogP contribution in [-0.2, 0) is 19.6 Å². The number of hydrogen-bond acceptors (Lipinski definition) is 6. The van der Waals surface area contributed by atoms with Gasteiger partial charge < -0.3 is 9.47 Å². The topological polar surface area (TPSA) is 107 Å². The van der Waals surface area contributed by atoms with E-state index in [4.69, 9.17) is 9.47 Å². The third kappa shape index (κ3) is 14.5. The number of carbonyl (C=O) groups is 2. The zero-order chi connectivity index (χ0) is 28.1. The van der Waals surface area contributed by atoms with E-state index in [2.05, 4.69) is 38.2 Å². The fourth-order valence-corrected chi connectivity index (χ4v) is 4.55. The van der Waals surface area contributed by atoms with Gasteiger partial charge in [-0.25, -0.2) is 9.59 Å². The second-order valence-electron chi connectivity index (χ2n) is 9.35. The molecular formula is C30H46O7S. The third-order valence-corrected chi connectivity index (χ3v) is 6.86. The highest BCUT2D eigenvalue weighted by molar-refractivity contribution is 7.86. The van der Waals surface area contributed by atoms with Crippen LogP contribution in [0.1, 0.15) is 124 Å². The zero-order valence-electron chi connectivity index (χ0n) is 23.2. The second-order valence-corrected chi connectivity index (χ2v) is 10.7. The lowest BCUT2D eigenvalue weighted by Gasteiger charge is -2.13. The molecule has 0 amide bonds. The SMILES string of the molecule is CCC/C=C/CCCCCCOC(=O)c1cccc(S(=O)(=O)O)c1C(=O)OCCCCCC/C=C/CCC. The van der Waals surface area contributed by atoms with Gasteiger partial charge >= 0.3 is 11.9 Å². The standard InChI is InChI=1S/C30H46O7S/c1-3-5-7-9-11-13-15-17-19-24-36-29(31)26-22-21-23-27(38(33,34)35)28(26)30(32)37-25-20-18-16-14-12-10-8-6-4-2/h7-10,21-23H,3-6,11-20,24-25H2,1-2H3,(H,33,34,35)/b9-7+,10-8+. The third-order valence-electron chi connectivity index (χ3n) is 5.97. The minimum absolute atomic E-state index is 0.0897. The predicted molar refractivity (Wildman–Crippen MR) is 151 cm³/mol. The zero-order valence-corrected chi connectivity index (χ0v) is 24.0. The minimum atomic E-state index is -4.75. The summed E-state index contributed by atoms with van der Waals surface area (Å²) in [6, 6.07) is 3.67. The van der Waals surface area contributed by atoms with Crippen molar-refractivity contribution in [2.75, 3.05) is 13.2 Å². The van der Waals surface area contributed by atoms with E-state index in [0.717, 1.165) is 83.1 Å². The van der Waals surface area contributed by atoms with Gasteiger partial charge in [0, 0.05) is 0 Å². The maximum atomic E-state index is 12.8. The number of esters is 2. The Bertz CT molecular complexity index is 980. The van der Waals surface area contributed by atoms with Crippen molar-refractivity contribution in [1.29, 1.82) is 0 Å². The molecule has 0 atom stereocenters. The van der Waals surface area contributed by atoms with E-state index >= 15 is 0 Å². The van der Waals surface area contributed by atoms with Crippen LogP contribution in [0.4, 0.5) is 0 Å². The van der Waals surface area contributed by atoms with Crippen molar-refractivity contribution in [3.8, 4) is 0 Å². The molecular weight excluding hydrogens is 504 g/mol. The molecule has 0 aromatic heterocycles. The molecule has 0 aliphatic rings. The van der Waals surface area contributed by atoms with E-state index in [0.29, 0.717) is 12.8 Å². The highest BCUT2D eigenvalue weighted by Crippen LogP contribution is 2.22. The van der Waals surface area contributed by atoms with Gasteiger partial charge in [0.15, 0.2) is 0 Å². The van der Waals surface area contributed by atoms with Crippen LogP contribution in [0.2, 0.25) is 0 Å². The number of allylic oxidation sites excluding steroid dienone is 4. The first kappa shape index (κ1) is 33.6. The molecule has 1 aromatic rings. The molecule has 0 saturated carbocycles. The average Bonchev–Trinajstić information content (AvgIpc) is 2.89. The van der Waals surface area contributed by atoms with E-state index in [9.17, 15) is 22.6 Å². The molecule has 0 aliphatic heterocycles. The average molecular weight is 551 g/mol. The van der Waals surface area contributed by atoms with Crippen LogP contribution in [-0.4, -0.2) is 38.1 Å². The summed E-state index contributed by atoms with van der Waals surface area (Å²) in [6.07, 6.45) is 22.4. The monoisotopic (exact) mass is 550 g/mol. The first-order chi connectivity index (χ1) is 18.3. The Hall–Kier alpha value is -2.45. The van der Waals surface area contributed by atoms with Crippen LogP contribution in [0.5, 0.6) is 0 Å². The van der Waals surface area contributed by atoms with Crippen molar-refractivity contribution >= 4 is 22.1 Å². The highest BCUT2D eigenvalue weighted by atomic mass is 32.2. The molecule has 1 N–H and O–H groups in total. The normalized spacial score (nSPS) is 11.9. The van der Waals surface area contributed by atoms with Gasteiger partial charge in [0.05, 0.1) is 24.3 Å². The van der Waals surface area contributed by atoms with Crippen molar-refractivity contribution in [2.45, 2.75) is 109 Å². The van der Waals surface area contributed by atoms with Crippen LogP contribution in [0.15, 0.2) is 47.4 Å². The number of benzene rings is 1. The molecule has 0 spiro atoms. The van der Waals surface area contributed by atoms with Crippen molar-refractivity contribution in [1.82, 2.24) is 0 Å². The van der Waals surface area contributed by atoms with E-state index in [1.165, 1.54) is 12.1 Å². The van der Waals surface area contributed by atoms with Gasteiger partial charge in [-0.2, -0.15) is 8.42 Å². The van der Waals surface area contributed by atoms with Gasteiger partial charge in [0.1, 0.15) is 4.90 Å². The summed E-state index contributed by atoms with van der Waals surface area (Å²) in [7, 11) is -4.75. The van der Waals surface area contributed by atoms with Crippen LogP contribution >= 0.6 is 0 Å². The quantitative estimate of drug-likeness (QED) is 0.0718. The Morgan fingerprint density at radius 1 is 0.711 bits per heavy atom. The van der Waals surface area contributed by atoms with Gasteiger partial charge in [-0.05, 0) is 63.5 Å². The van der Waals surface area contributed by atoms with E-state index in [1.54, 1.807) is 0 Å². The van der Waals surface area contributed by atoms with Crippen LogP contribution in [0.25, 0.3) is 0 Å². The molecule has 1 rings (SSSR count). The molecule has 0 aliphatic carbocycles. The van der Waals surface area contributed by atoms with Crippen molar-refractivity contribution in [3.05, 3.63) is 53.6 Å². The summed E-state index contributed by atoms with van der Waals surface area (Å²) in [5, 5.41) is 0. The molecule has 0 bridgehead atoms. The highest BCUT2D eigenvalue weighted by Gasteiger charge is 2.28. The Morgan fingerprint density at radius 3 is 1.68 bits per heavy atom. The molecule has 1 aromatic carbocycles. The lowest BCUT2D eigenvalue weighted by Crippen LogP contribution is -2.19. The lowest BCUT2D eigenvalue weighted by atomic mass is 10.1. The van der Waals surface area contributed by atoms with Crippen molar-refractivity contribution < 1.29 is 32.0 Å². The Morgan fingerprint density at radius 2 is 1.18 bits per heavy atom. The molecule has 0 heterocycles. The fourth-order valence-electron chi connectivity index (χ4n) is 3.85. The van der Waals surface area contributed by atoms with Gasteiger partial charge in [-0.1, -0.05) is 82.7 Å². The summed E-state index contributed by atoms with van der Waals surface area (Å²) >= 11 is 0. The van der Waals surface area contributed by atoms with E-state index in [1.807, 2.05) is 0 Å². The Kier molecular flexibility index (Phi) is 18.1. The minimum Gasteiger partial charge on any atom is -0.462 e.